The molecule has 4 heterocycles. The number of carbonyl (C=O) groups excluding carboxylic acids is 1. The Hall–Kier alpha value is -3.43. The third-order valence-corrected chi connectivity index (χ3v) is 8.07. The zero-order chi connectivity index (χ0) is 27.2. The fourth-order valence-corrected chi connectivity index (χ4v) is 6.36. The molecule has 0 unspecified atom stereocenters. The summed E-state index contributed by atoms with van der Waals surface area (Å²) in [5, 5.41) is 14.5. The zero-order valence-corrected chi connectivity index (χ0v) is 23.3. The SMILES string of the molecule is CC(C)(C)OC(=O)N1CCN(c2cc(-c3noc([C@@]4(C)CCCc5sc(N)c(C#N)c54)n3)nc(Cl)n2)CC1. The number of hydrogen-bond donors (Lipinski definition) is 1. The van der Waals surface area contributed by atoms with E-state index in [0.29, 0.717) is 54.1 Å². The van der Waals surface area contributed by atoms with Crippen molar-refractivity contribution in [3.05, 3.63) is 33.2 Å². The number of nitrogens with two attached hydrogens (primary N) is 1. The molecule has 0 aromatic carbocycles. The lowest BCUT2D eigenvalue weighted by Crippen LogP contribution is -2.50. The van der Waals surface area contributed by atoms with E-state index >= 15 is 0 Å². The molecule has 38 heavy (non-hydrogen) atoms. The zero-order valence-electron chi connectivity index (χ0n) is 21.7. The molecule has 3 aromatic rings. The van der Waals surface area contributed by atoms with Crippen molar-refractivity contribution in [2.45, 2.75) is 58.0 Å². The van der Waals surface area contributed by atoms with Crippen molar-refractivity contribution in [2.24, 2.45) is 0 Å². The minimum atomic E-state index is -0.629. The molecule has 2 aliphatic rings. The predicted octanol–water partition coefficient (Wildman–Crippen LogP) is 4.39. The largest absolute Gasteiger partial charge is 0.444 e. The van der Waals surface area contributed by atoms with E-state index in [2.05, 4.69) is 21.2 Å². The lowest BCUT2D eigenvalue weighted by molar-refractivity contribution is 0.0240. The van der Waals surface area contributed by atoms with Crippen LogP contribution in [0.15, 0.2) is 10.6 Å². The van der Waals surface area contributed by atoms with E-state index in [9.17, 15) is 10.1 Å². The average Bonchev–Trinajstić information content (AvgIpc) is 3.48. The Morgan fingerprint density at radius 2 is 2.00 bits per heavy atom. The Balaban J connectivity index is 1.38. The molecule has 1 aliphatic carbocycles. The summed E-state index contributed by atoms with van der Waals surface area (Å²) in [4.78, 5) is 30.6. The van der Waals surface area contributed by atoms with E-state index < -0.39 is 11.0 Å². The standard InChI is InChI=1S/C25H29ClN8O3S/c1-24(2,3)36-23(35)34-10-8-33(9-11-34)17-12-15(29-22(26)30-17)20-31-21(37-32-20)25(4)7-5-6-16-18(25)14(13-27)19(28)38-16/h12H,5-11,28H2,1-4H3/t25-/m0/s1. The molecule has 0 spiro atoms. The maximum absolute atomic E-state index is 12.4. The number of nitrogen functional groups attached to an aromatic ring is 1. The second-order valence-corrected chi connectivity index (χ2v) is 12.2. The number of hydrogen-bond acceptors (Lipinski definition) is 11. The maximum atomic E-state index is 12.4. The fourth-order valence-electron chi connectivity index (χ4n) is 4.99. The van der Waals surface area contributed by atoms with Gasteiger partial charge in [-0.3, -0.25) is 0 Å². The van der Waals surface area contributed by atoms with Gasteiger partial charge in [-0.15, -0.1) is 11.3 Å². The van der Waals surface area contributed by atoms with Crippen LogP contribution in [-0.2, 0) is 16.6 Å². The minimum Gasteiger partial charge on any atom is -0.444 e. The number of aryl methyl sites for hydroxylation is 1. The molecular formula is C25H29ClN8O3S. The molecule has 1 aliphatic heterocycles. The van der Waals surface area contributed by atoms with Crippen LogP contribution in [-0.4, -0.2) is 62.9 Å². The number of fused-ring (bicyclic) bond motifs is 1. The van der Waals surface area contributed by atoms with Crippen molar-refractivity contribution >= 4 is 39.8 Å². The van der Waals surface area contributed by atoms with Crippen LogP contribution < -0.4 is 10.6 Å². The fraction of sp³-hybridized carbons (Fsp3) is 0.520. The molecule has 2 N–H and O–H groups in total. The lowest BCUT2D eigenvalue weighted by Gasteiger charge is -2.36. The summed E-state index contributed by atoms with van der Waals surface area (Å²) >= 11 is 7.75. The molecule has 3 aromatic heterocycles. The van der Waals surface area contributed by atoms with Crippen LogP contribution in [0.1, 0.15) is 62.4 Å². The molecular weight excluding hydrogens is 528 g/mol. The van der Waals surface area contributed by atoms with Crippen LogP contribution in [0.25, 0.3) is 11.5 Å². The Morgan fingerprint density at radius 3 is 2.68 bits per heavy atom. The molecule has 13 heteroatoms. The average molecular weight is 557 g/mol. The van der Waals surface area contributed by atoms with Gasteiger partial charge in [0, 0.05) is 42.7 Å². The van der Waals surface area contributed by atoms with Gasteiger partial charge in [0.1, 0.15) is 28.2 Å². The summed E-state index contributed by atoms with van der Waals surface area (Å²) in [5.74, 6) is 1.30. The van der Waals surface area contributed by atoms with E-state index in [1.165, 1.54) is 11.3 Å². The van der Waals surface area contributed by atoms with Gasteiger partial charge in [0.15, 0.2) is 0 Å². The molecule has 0 saturated carbocycles. The number of aromatic nitrogens is 4. The van der Waals surface area contributed by atoms with E-state index in [1.54, 1.807) is 11.0 Å². The molecule has 1 atom stereocenters. The summed E-state index contributed by atoms with van der Waals surface area (Å²) < 4.78 is 11.2. The number of amides is 1. The van der Waals surface area contributed by atoms with E-state index in [-0.39, 0.29) is 17.2 Å². The smallest absolute Gasteiger partial charge is 0.410 e. The summed E-state index contributed by atoms with van der Waals surface area (Å²) in [6.07, 6.45) is 2.22. The van der Waals surface area contributed by atoms with Crippen molar-refractivity contribution in [3.8, 4) is 17.6 Å². The predicted molar refractivity (Wildman–Crippen MR) is 143 cm³/mol. The number of nitriles is 1. The Bertz CT molecular complexity index is 1420. The van der Waals surface area contributed by atoms with Crippen molar-refractivity contribution in [2.75, 3.05) is 36.8 Å². The van der Waals surface area contributed by atoms with Crippen molar-refractivity contribution in [1.29, 1.82) is 5.26 Å². The van der Waals surface area contributed by atoms with E-state index in [1.807, 2.05) is 32.6 Å². The third kappa shape index (κ3) is 4.88. The highest BCUT2D eigenvalue weighted by molar-refractivity contribution is 7.16. The Morgan fingerprint density at radius 1 is 1.26 bits per heavy atom. The molecule has 1 fully saturated rings. The van der Waals surface area contributed by atoms with Gasteiger partial charge >= 0.3 is 6.09 Å². The number of halogens is 1. The molecule has 0 bridgehead atoms. The first-order valence-electron chi connectivity index (χ1n) is 12.4. The first kappa shape index (κ1) is 26.2. The topological polar surface area (TPSA) is 147 Å². The highest BCUT2D eigenvalue weighted by Crippen LogP contribution is 2.48. The Labute approximate surface area is 229 Å². The van der Waals surface area contributed by atoms with Gasteiger partial charge in [-0.25, -0.2) is 14.8 Å². The van der Waals surface area contributed by atoms with E-state index in [0.717, 1.165) is 29.7 Å². The number of carbonyl (C=O) groups is 1. The first-order chi connectivity index (χ1) is 18.0. The molecule has 1 saturated heterocycles. The molecule has 11 nitrogen and oxygen atoms in total. The van der Waals surface area contributed by atoms with Crippen molar-refractivity contribution < 1.29 is 14.1 Å². The highest BCUT2D eigenvalue weighted by Gasteiger charge is 2.43. The quantitative estimate of drug-likeness (QED) is 0.460. The number of nitrogens with zero attached hydrogens (tertiary/aromatic N) is 7. The number of rotatable bonds is 3. The second kappa shape index (κ2) is 9.71. The first-order valence-corrected chi connectivity index (χ1v) is 13.6. The van der Waals surface area contributed by atoms with Crippen molar-refractivity contribution in [3.63, 3.8) is 0 Å². The molecule has 5 rings (SSSR count). The van der Waals surface area contributed by atoms with Gasteiger partial charge in [-0.2, -0.15) is 10.2 Å². The van der Waals surface area contributed by atoms with Gasteiger partial charge < -0.3 is 24.8 Å². The number of piperazine rings is 1. The maximum Gasteiger partial charge on any atom is 0.410 e. The highest BCUT2D eigenvalue weighted by atomic mass is 35.5. The van der Waals surface area contributed by atoms with Gasteiger partial charge in [-0.1, -0.05) is 5.16 Å². The Kier molecular flexibility index (Phi) is 6.69. The van der Waals surface area contributed by atoms with Crippen LogP contribution in [0.2, 0.25) is 5.28 Å². The van der Waals surface area contributed by atoms with Crippen LogP contribution in [0.3, 0.4) is 0 Å². The second-order valence-electron chi connectivity index (χ2n) is 10.7. The van der Waals surface area contributed by atoms with Gasteiger partial charge in [0.25, 0.3) is 0 Å². The molecule has 1 amide bonds. The van der Waals surface area contributed by atoms with Crippen molar-refractivity contribution in [1.82, 2.24) is 25.0 Å². The number of anilines is 2. The summed E-state index contributed by atoms with van der Waals surface area (Å²) in [6, 6.07) is 4.02. The van der Waals surface area contributed by atoms with Gasteiger partial charge in [0.2, 0.25) is 17.0 Å². The third-order valence-electron chi connectivity index (χ3n) is 6.82. The van der Waals surface area contributed by atoms with Crippen LogP contribution in [0.4, 0.5) is 15.6 Å². The molecule has 200 valence electrons. The number of ether oxygens (including phenoxy) is 1. The monoisotopic (exact) mass is 556 g/mol. The van der Waals surface area contributed by atoms with Gasteiger partial charge in [0.05, 0.1) is 11.0 Å². The minimum absolute atomic E-state index is 0.0574. The van der Waals surface area contributed by atoms with E-state index in [4.69, 9.17) is 31.6 Å². The van der Waals surface area contributed by atoms with Gasteiger partial charge in [-0.05, 0) is 58.6 Å². The number of thiophene rings is 1. The summed E-state index contributed by atoms with van der Waals surface area (Å²) in [7, 11) is 0. The normalized spacial score (nSPS) is 19.7. The van der Waals surface area contributed by atoms with Crippen LogP contribution in [0, 0.1) is 11.3 Å². The summed E-state index contributed by atoms with van der Waals surface area (Å²) in [5.41, 5.74) is 6.77. The van der Waals surface area contributed by atoms with Crippen LogP contribution in [0.5, 0.6) is 0 Å². The lowest BCUT2D eigenvalue weighted by atomic mass is 9.72. The molecule has 0 radical (unpaired) electrons. The van der Waals surface area contributed by atoms with Crippen LogP contribution >= 0.6 is 22.9 Å². The summed E-state index contributed by atoms with van der Waals surface area (Å²) in [6.45, 7) is 9.65.